The van der Waals surface area contributed by atoms with Gasteiger partial charge in [0.2, 0.25) is 0 Å². The van der Waals surface area contributed by atoms with Crippen molar-refractivity contribution in [2.75, 3.05) is 78.5 Å². The molecule has 0 unspecified atom stereocenters. The predicted molar refractivity (Wildman–Crippen MR) is 104 cm³/mol. The molecule has 184 valence electrons. The summed E-state index contributed by atoms with van der Waals surface area (Å²) in [6.45, 7) is 5.02. The normalized spacial score (nSPS) is 16.4. The van der Waals surface area contributed by atoms with Crippen LogP contribution in [0.25, 0.3) is 0 Å². The molecule has 0 N–H and O–H groups in total. The topological polar surface area (TPSA) is 173 Å². The summed E-state index contributed by atoms with van der Waals surface area (Å²) in [5, 5.41) is 43.6. The van der Waals surface area contributed by atoms with Crippen molar-refractivity contribution in [1.82, 2.24) is 19.6 Å². The van der Waals surface area contributed by atoms with Gasteiger partial charge in [0.1, 0.15) is 0 Å². The van der Waals surface area contributed by atoms with Gasteiger partial charge in [-0.25, -0.2) is 0 Å². The summed E-state index contributed by atoms with van der Waals surface area (Å²) >= 11 is 0. The molecule has 0 radical (unpaired) electrons. The van der Waals surface area contributed by atoms with E-state index in [1.165, 1.54) is 0 Å². The van der Waals surface area contributed by atoms with Crippen molar-refractivity contribution in [3.63, 3.8) is 0 Å². The smallest absolute Gasteiger partial charge is 0.550 e. The maximum absolute atomic E-state index is 10.9. The van der Waals surface area contributed by atoms with Crippen LogP contribution in [0.5, 0.6) is 0 Å². The predicted octanol–water partition coefficient (Wildman–Crippen LogP) is -18.2. The second kappa shape index (κ2) is 26.9. The number of hydrogen-bond acceptors (Lipinski definition) is 12. The number of nitrogens with zero attached hydrogens (tertiary/aromatic N) is 4. The van der Waals surface area contributed by atoms with Gasteiger partial charge in [0.25, 0.3) is 0 Å². The maximum atomic E-state index is 10.9. The summed E-state index contributed by atoms with van der Waals surface area (Å²) in [7, 11) is 0. The first kappa shape index (κ1) is 44.7. The number of carboxylic acids is 4. The minimum Gasteiger partial charge on any atom is -0.550 e. The Morgan fingerprint density at radius 1 is 0.389 bits per heavy atom. The van der Waals surface area contributed by atoms with Crippen molar-refractivity contribution >= 4 is 23.9 Å². The molecule has 0 spiro atoms. The molecule has 36 heavy (non-hydrogen) atoms. The second-order valence-corrected chi connectivity index (χ2v) is 7.85. The van der Waals surface area contributed by atoms with Gasteiger partial charge in [-0.2, -0.15) is 0 Å². The molecule has 16 heteroatoms. The van der Waals surface area contributed by atoms with Crippen LogP contribution in [0.15, 0.2) is 0 Å². The monoisotopic (exact) mass is 548 g/mol. The maximum Gasteiger partial charge on any atom is 1.00 e. The van der Waals surface area contributed by atoms with E-state index in [-0.39, 0.29) is 170 Å². The number of hydrogen-bond donors (Lipinski definition) is 0. The fourth-order valence-corrected chi connectivity index (χ4v) is 3.47. The van der Waals surface area contributed by atoms with Crippen molar-refractivity contribution in [3.8, 4) is 0 Å². The molecule has 1 fully saturated rings. The molecule has 0 amide bonds. The average Bonchev–Trinajstić information content (AvgIpc) is 2.70. The van der Waals surface area contributed by atoms with Gasteiger partial charge in [0, 0.05) is 102 Å². The Kier molecular flexibility index (Phi) is 33.4. The summed E-state index contributed by atoms with van der Waals surface area (Å²) in [5.41, 5.74) is 0. The Bertz CT molecular complexity index is 517. The minimum atomic E-state index is -1.16. The molecule has 0 aromatic rings. The summed E-state index contributed by atoms with van der Waals surface area (Å²) in [6.07, 6.45) is -0.575. The van der Waals surface area contributed by atoms with Gasteiger partial charge < -0.3 is 59.2 Å². The van der Waals surface area contributed by atoms with Crippen LogP contribution in [0.2, 0.25) is 0 Å². The number of aliphatic carboxylic acids is 4. The van der Waals surface area contributed by atoms with Crippen LogP contribution in [0.1, 0.15) is 25.7 Å². The van der Waals surface area contributed by atoms with Crippen molar-refractivity contribution < 1.29 is 158 Å². The van der Waals surface area contributed by atoms with Gasteiger partial charge in [0.05, 0.1) is 0 Å². The second-order valence-electron chi connectivity index (χ2n) is 7.85. The van der Waals surface area contributed by atoms with Crippen molar-refractivity contribution in [2.24, 2.45) is 0 Å². The zero-order valence-electron chi connectivity index (χ0n) is 22.4. The molecule has 0 bridgehead atoms. The molecule has 12 nitrogen and oxygen atoms in total. The summed E-state index contributed by atoms with van der Waals surface area (Å²) in [4.78, 5) is 51.3. The van der Waals surface area contributed by atoms with E-state index in [0.29, 0.717) is 52.4 Å². The first-order chi connectivity index (χ1) is 15.2. The van der Waals surface area contributed by atoms with E-state index in [4.69, 9.17) is 0 Å². The van der Waals surface area contributed by atoms with Gasteiger partial charge in [-0.05, 0) is 25.7 Å². The Labute approximate surface area is 301 Å². The average molecular weight is 548 g/mol. The number of carbonyl (C=O) groups is 4. The van der Waals surface area contributed by atoms with Gasteiger partial charge in [-0.15, -0.1) is 0 Å². The summed E-state index contributed by atoms with van der Waals surface area (Å²) in [5.74, 6) is -4.66. The van der Waals surface area contributed by atoms with E-state index < -0.39 is 23.9 Å². The molecule has 0 aromatic carbocycles. The van der Waals surface area contributed by atoms with Crippen LogP contribution >= 0.6 is 0 Å². The first-order valence-corrected chi connectivity index (χ1v) is 10.8. The molecular weight excluding hydrogens is 516 g/mol. The molecule has 0 aliphatic carbocycles. The van der Waals surface area contributed by atoms with Crippen molar-refractivity contribution in [2.45, 2.75) is 25.7 Å². The molecule has 1 rings (SSSR count). The third kappa shape index (κ3) is 24.7. The molecule has 1 saturated heterocycles. The van der Waals surface area contributed by atoms with Crippen LogP contribution in [-0.2, 0) is 19.2 Å². The minimum absolute atomic E-state index is 0. The fraction of sp³-hybridized carbons (Fsp3) is 0.800. The fourth-order valence-electron chi connectivity index (χ4n) is 3.47. The standard InChI is InChI=1S/C20H36N4O8.4Na/c25-17(26)1-5-21-9-11-22(6-2-18(27)28)13-15-24(8-4-20(31)32)16-14-23(12-10-21)7-3-19(29)30;;;;/h1-16H2,(H,25,26)(H,27,28)(H,29,30)(H,31,32);;;;/q;4*+1/p-4. The van der Waals surface area contributed by atoms with Gasteiger partial charge >= 0.3 is 118 Å². The van der Waals surface area contributed by atoms with Gasteiger partial charge in [-0.3, -0.25) is 0 Å². The Morgan fingerprint density at radius 2 is 0.528 bits per heavy atom. The van der Waals surface area contributed by atoms with Crippen LogP contribution in [0, 0.1) is 0 Å². The zero-order chi connectivity index (χ0) is 23.9. The molecule has 0 atom stereocenters. The molecule has 1 aliphatic rings. The zero-order valence-corrected chi connectivity index (χ0v) is 30.4. The van der Waals surface area contributed by atoms with Crippen LogP contribution in [-0.4, -0.2) is 122 Å². The third-order valence-corrected chi connectivity index (χ3v) is 5.46. The van der Waals surface area contributed by atoms with Crippen LogP contribution < -0.4 is 139 Å². The van der Waals surface area contributed by atoms with E-state index in [1.54, 1.807) is 0 Å². The van der Waals surface area contributed by atoms with Gasteiger partial charge in [-0.1, -0.05) is 0 Å². The third-order valence-electron chi connectivity index (χ3n) is 5.46. The Balaban J connectivity index is -0.00000128. The molecular formula is C20H32N4Na4O8. The molecule has 0 saturated carbocycles. The summed E-state index contributed by atoms with van der Waals surface area (Å²) in [6, 6.07) is 0. The van der Waals surface area contributed by atoms with E-state index in [2.05, 4.69) is 0 Å². The number of carbonyl (C=O) groups excluding carboxylic acids is 4. The summed E-state index contributed by atoms with van der Waals surface area (Å²) < 4.78 is 0. The van der Waals surface area contributed by atoms with Crippen molar-refractivity contribution in [3.05, 3.63) is 0 Å². The number of rotatable bonds is 12. The first-order valence-electron chi connectivity index (χ1n) is 10.8. The quantitative estimate of drug-likeness (QED) is 0.211. The van der Waals surface area contributed by atoms with E-state index in [0.717, 1.165) is 0 Å². The number of carboxylic acid groups (broad SMARTS) is 4. The SMILES string of the molecule is O=C([O-])CCN1CCN(CCC(=O)[O-])CCN(CCC(=O)[O-])CCN(CCC(=O)[O-])CC1.[Na+].[Na+].[Na+].[Na+]. The molecule has 0 aromatic heterocycles. The van der Waals surface area contributed by atoms with Crippen LogP contribution in [0.4, 0.5) is 0 Å². The Hall–Kier alpha value is 1.72. The van der Waals surface area contributed by atoms with Crippen molar-refractivity contribution in [1.29, 1.82) is 0 Å². The molecule has 1 heterocycles. The van der Waals surface area contributed by atoms with Crippen LogP contribution in [0.3, 0.4) is 0 Å². The van der Waals surface area contributed by atoms with E-state index >= 15 is 0 Å². The molecule has 1 aliphatic heterocycles. The van der Waals surface area contributed by atoms with Gasteiger partial charge in [0.15, 0.2) is 0 Å². The Morgan fingerprint density at radius 3 is 0.639 bits per heavy atom. The van der Waals surface area contributed by atoms with E-state index in [1.807, 2.05) is 19.6 Å². The largest absolute Gasteiger partial charge is 1.00 e. The van der Waals surface area contributed by atoms with E-state index in [9.17, 15) is 39.6 Å².